The SMILES string of the molecule is CC(C)(C)C(=O)N1CCc2ccc(NC(=O)COc3ccc(C(C)(C)C)cc3)cc21. The van der Waals surface area contributed by atoms with E-state index in [1.54, 1.807) is 0 Å². The van der Waals surface area contributed by atoms with Gasteiger partial charge in [0.15, 0.2) is 6.61 Å². The molecule has 5 heteroatoms. The Kier molecular flexibility index (Phi) is 5.93. The molecule has 1 aliphatic rings. The maximum Gasteiger partial charge on any atom is 0.262 e. The minimum Gasteiger partial charge on any atom is -0.484 e. The molecule has 0 saturated heterocycles. The predicted octanol–water partition coefficient (Wildman–Crippen LogP) is 4.94. The number of hydrogen-bond acceptors (Lipinski definition) is 3. The topological polar surface area (TPSA) is 58.6 Å². The second-order valence-corrected chi connectivity index (χ2v) is 9.91. The number of carbonyl (C=O) groups is 2. The van der Waals surface area contributed by atoms with Gasteiger partial charge in [-0.1, -0.05) is 59.7 Å². The van der Waals surface area contributed by atoms with Gasteiger partial charge in [0.25, 0.3) is 5.91 Å². The van der Waals surface area contributed by atoms with Gasteiger partial charge < -0.3 is 15.0 Å². The Labute approximate surface area is 179 Å². The Morgan fingerprint density at radius 1 is 1.00 bits per heavy atom. The van der Waals surface area contributed by atoms with Gasteiger partial charge in [-0.2, -0.15) is 0 Å². The molecule has 0 saturated carbocycles. The number of fused-ring (bicyclic) bond motifs is 1. The lowest BCUT2D eigenvalue weighted by Crippen LogP contribution is -2.38. The van der Waals surface area contributed by atoms with Crippen LogP contribution in [0.1, 0.15) is 52.7 Å². The third kappa shape index (κ3) is 5.02. The predicted molar refractivity (Wildman–Crippen MR) is 121 cm³/mol. The minimum absolute atomic E-state index is 0.0728. The van der Waals surface area contributed by atoms with Gasteiger partial charge in [0.1, 0.15) is 5.75 Å². The second-order valence-electron chi connectivity index (χ2n) is 9.91. The number of amides is 2. The molecule has 0 radical (unpaired) electrons. The number of ether oxygens (including phenoxy) is 1. The maximum absolute atomic E-state index is 12.7. The van der Waals surface area contributed by atoms with Crippen LogP contribution < -0.4 is 15.0 Å². The summed E-state index contributed by atoms with van der Waals surface area (Å²) < 4.78 is 5.63. The van der Waals surface area contributed by atoms with E-state index >= 15 is 0 Å². The van der Waals surface area contributed by atoms with E-state index in [-0.39, 0.29) is 23.8 Å². The Balaban J connectivity index is 1.62. The number of nitrogens with zero attached hydrogens (tertiary/aromatic N) is 1. The van der Waals surface area contributed by atoms with E-state index in [1.807, 2.05) is 68.1 Å². The normalized spacial score (nSPS) is 13.7. The molecule has 2 aromatic carbocycles. The number of rotatable bonds is 4. The van der Waals surface area contributed by atoms with Gasteiger partial charge >= 0.3 is 0 Å². The van der Waals surface area contributed by atoms with Crippen molar-refractivity contribution in [2.24, 2.45) is 5.41 Å². The molecule has 1 heterocycles. The molecule has 1 N–H and O–H groups in total. The van der Waals surface area contributed by atoms with Crippen LogP contribution in [0, 0.1) is 5.41 Å². The Hall–Kier alpha value is -2.82. The van der Waals surface area contributed by atoms with Crippen LogP contribution >= 0.6 is 0 Å². The zero-order chi connectivity index (χ0) is 22.1. The highest BCUT2D eigenvalue weighted by Gasteiger charge is 2.32. The van der Waals surface area contributed by atoms with Gasteiger partial charge in [-0.25, -0.2) is 0 Å². The molecule has 1 aliphatic heterocycles. The van der Waals surface area contributed by atoms with Crippen molar-refractivity contribution >= 4 is 23.2 Å². The molecule has 0 aromatic heterocycles. The van der Waals surface area contributed by atoms with Crippen molar-refractivity contribution < 1.29 is 14.3 Å². The molecule has 0 bridgehead atoms. The van der Waals surface area contributed by atoms with Crippen LogP contribution in [0.5, 0.6) is 5.75 Å². The number of carbonyl (C=O) groups excluding carboxylic acids is 2. The largest absolute Gasteiger partial charge is 0.484 e. The van der Waals surface area contributed by atoms with Crippen LogP contribution in [0.4, 0.5) is 11.4 Å². The average Bonchev–Trinajstić information content (AvgIpc) is 3.07. The van der Waals surface area contributed by atoms with E-state index in [4.69, 9.17) is 4.74 Å². The fraction of sp³-hybridized carbons (Fsp3) is 0.440. The van der Waals surface area contributed by atoms with E-state index < -0.39 is 5.41 Å². The third-order valence-corrected chi connectivity index (χ3v) is 5.24. The summed E-state index contributed by atoms with van der Waals surface area (Å²) in [5, 5.41) is 2.87. The first kappa shape index (κ1) is 21.9. The molecule has 0 fully saturated rings. The molecule has 0 spiro atoms. The molecule has 2 aromatic rings. The van der Waals surface area contributed by atoms with Crippen molar-refractivity contribution in [2.75, 3.05) is 23.4 Å². The Bertz CT molecular complexity index is 934. The molecular weight excluding hydrogens is 376 g/mol. The summed E-state index contributed by atoms with van der Waals surface area (Å²) >= 11 is 0. The van der Waals surface area contributed by atoms with Crippen molar-refractivity contribution in [3.8, 4) is 5.75 Å². The van der Waals surface area contributed by atoms with Gasteiger partial charge in [0.2, 0.25) is 5.91 Å². The minimum atomic E-state index is -0.447. The molecule has 2 amide bonds. The lowest BCUT2D eigenvalue weighted by atomic mass is 9.87. The molecule has 3 rings (SSSR count). The first-order valence-corrected chi connectivity index (χ1v) is 10.4. The lowest BCUT2D eigenvalue weighted by Gasteiger charge is -2.26. The van der Waals surface area contributed by atoms with E-state index in [2.05, 4.69) is 26.1 Å². The Morgan fingerprint density at radius 2 is 1.67 bits per heavy atom. The van der Waals surface area contributed by atoms with Crippen LogP contribution in [-0.4, -0.2) is 25.0 Å². The van der Waals surface area contributed by atoms with Crippen LogP contribution in [0.2, 0.25) is 0 Å². The van der Waals surface area contributed by atoms with Gasteiger partial charge in [0, 0.05) is 23.3 Å². The highest BCUT2D eigenvalue weighted by atomic mass is 16.5. The summed E-state index contributed by atoms with van der Waals surface area (Å²) in [5.41, 5.74) is 3.52. The standard InChI is InChI=1S/C25H32N2O3/c1-24(2,3)18-8-11-20(12-9-18)30-16-22(28)26-19-10-7-17-13-14-27(21(17)15-19)23(29)25(4,5)6/h7-12,15H,13-14,16H2,1-6H3,(H,26,28). The first-order chi connectivity index (χ1) is 13.9. The van der Waals surface area contributed by atoms with Crippen molar-refractivity contribution in [2.45, 2.75) is 53.4 Å². The smallest absolute Gasteiger partial charge is 0.262 e. The molecule has 5 nitrogen and oxygen atoms in total. The van der Waals surface area contributed by atoms with E-state index in [0.29, 0.717) is 18.0 Å². The summed E-state index contributed by atoms with van der Waals surface area (Å²) in [7, 11) is 0. The van der Waals surface area contributed by atoms with Crippen LogP contribution in [-0.2, 0) is 21.4 Å². The quantitative estimate of drug-likeness (QED) is 0.780. The average molecular weight is 409 g/mol. The van der Waals surface area contributed by atoms with Crippen molar-refractivity contribution in [1.82, 2.24) is 0 Å². The van der Waals surface area contributed by atoms with E-state index in [1.165, 1.54) is 5.56 Å². The van der Waals surface area contributed by atoms with E-state index in [0.717, 1.165) is 17.7 Å². The van der Waals surface area contributed by atoms with Crippen molar-refractivity contribution in [1.29, 1.82) is 0 Å². The summed E-state index contributed by atoms with van der Waals surface area (Å²) in [6.07, 6.45) is 0.832. The van der Waals surface area contributed by atoms with Crippen LogP contribution in [0.3, 0.4) is 0 Å². The number of anilines is 2. The van der Waals surface area contributed by atoms with Crippen molar-refractivity contribution in [3.63, 3.8) is 0 Å². The molecular formula is C25H32N2O3. The molecule has 30 heavy (non-hydrogen) atoms. The van der Waals surface area contributed by atoms with Gasteiger partial charge in [0.05, 0.1) is 0 Å². The summed E-state index contributed by atoms with van der Waals surface area (Å²) in [5.74, 6) is 0.516. The zero-order valence-electron chi connectivity index (χ0n) is 18.8. The monoisotopic (exact) mass is 408 g/mol. The zero-order valence-corrected chi connectivity index (χ0v) is 18.8. The second kappa shape index (κ2) is 8.13. The van der Waals surface area contributed by atoms with Crippen molar-refractivity contribution in [3.05, 3.63) is 53.6 Å². The highest BCUT2D eigenvalue weighted by Crippen LogP contribution is 2.34. The Morgan fingerprint density at radius 3 is 2.27 bits per heavy atom. The molecule has 160 valence electrons. The maximum atomic E-state index is 12.7. The number of hydrogen-bond donors (Lipinski definition) is 1. The fourth-order valence-electron chi connectivity index (χ4n) is 3.47. The summed E-state index contributed by atoms with van der Waals surface area (Å²) in [4.78, 5) is 26.9. The first-order valence-electron chi connectivity index (χ1n) is 10.4. The van der Waals surface area contributed by atoms with E-state index in [9.17, 15) is 9.59 Å². The summed E-state index contributed by atoms with van der Waals surface area (Å²) in [6.45, 7) is 12.8. The molecule has 0 aliphatic carbocycles. The number of benzene rings is 2. The highest BCUT2D eigenvalue weighted by molar-refractivity contribution is 6.00. The van der Waals surface area contributed by atoms with Crippen LogP contribution in [0.15, 0.2) is 42.5 Å². The lowest BCUT2D eigenvalue weighted by molar-refractivity contribution is -0.125. The van der Waals surface area contributed by atoms with Gasteiger partial charge in [-0.15, -0.1) is 0 Å². The number of nitrogens with one attached hydrogen (secondary N) is 1. The molecule has 0 unspecified atom stereocenters. The van der Waals surface area contributed by atoms with Crippen LogP contribution in [0.25, 0.3) is 0 Å². The summed E-state index contributed by atoms with van der Waals surface area (Å²) in [6, 6.07) is 13.6. The third-order valence-electron chi connectivity index (χ3n) is 5.24. The van der Waals surface area contributed by atoms with Gasteiger partial charge in [-0.05, 0) is 47.2 Å². The fourth-order valence-corrected chi connectivity index (χ4v) is 3.47. The van der Waals surface area contributed by atoms with Gasteiger partial charge in [-0.3, -0.25) is 9.59 Å². The molecule has 0 atom stereocenters.